The van der Waals surface area contributed by atoms with Crippen molar-refractivity contribution >= 4 is 12.6 Å². The van der Waals surface area contributed by atoms with E-state index in [0.717, 1.165) is 22.5 Å². The molecule has 0 atom stereocenters. The summed E-state index contributed by atoms with van der Waals surface area (Å²) in [6, 6.07) is 20.3. The van der Waals surface area contributed by atoms with E-state index in [-0.39, 0.29) is 0 Å². The molecular formula is C16H14N2S. The van der Waals surface area contributed by atoms with Gasteiger partial charge in [0.2, 0.25) is 0 Å². The van der Waals surface area contributed by atoms with Gasteiger partial charge in [-0.25, -0.2) is 4.68 Å². The number of hydrogen-bond acceptors (Lipinski definition) is 2. The molecular weight excluding hydrogens is 252 g/mol. The quantitative estimate of drug-likeness (QED) is 0.710. The molecule has 3 rings (SSSR count). The Kier molecular flexibility index (Phi) is 3.38. The minimum Gasteiger partial charge on any atom is -0.240 e. The lowest BCUT2D eigenvalue weighted by Gasteiger charge is -2.00. The highest BCUT2D eigenvalue weighted by atomic mass is 32.1. The highest BCUT2D eigenvalue weighted by Crippen LogP contribution is 2.24. The van der Waals surface area contributed by atoms with Gasteiger partial charge in [-0.05, 0) is 12.1 Å². The molecule has 0 aliphatic carbocycles. The fourth-order valence-electron chi connectivity index (χ4n) is 2.08. The van der Waals surface area contributed by atoms with Gasteiger partial charge in [-0.15, -0.1) is 0 Å². The Balaban J connectivity index is 2.09. The van der Waals surface area contributed by atoms with Crippen LogP contribution in [-0.2, 0) is 5.75 Å². The highest BCUT2D eigenvalue weighted by Gasteiger charge is 2.10. The van der Waals surface area contributed by atoms with E-state index in [4.69, 9.17) is 0 Å². The molecule has 0 saturated heterocycles. The van der Waals surface area contributed by atoms with Crippen molar-refractivity contribution in [2.75, 3.05) is 0 Å². The Morgan fingerprint density at radius 1 is 0.895 bits per heavy atom. The van der Waals surface area contributed by atoms with Crippen LogP contribution in [-0.4, -0.2) is 9.78 Å². The summed E-state index contributed by atoms with van der Waals surface area (Å²) in [5, 5.41) is 4.69. The average Bonchev–Trinajstić information content (AvgIpc) is 2.93. The molecule has 0 spiro atoms. The molecule has 3 heteroatoms. The summed E-state index contributed by atoms with van der Waals surface area (Å²) < 4.78 is 1.91. The van der Waals surface area contributed by atoms with Crippen molar-refractivity contribution in [3.8, 4) is 16.9 Å². The maximum atomic E-state index is 4.69. The van der Waals surface area contributed by atoms with Gasteiger partial charge in [0.05, 0.1) is 11.4 Å². The largest absolute Gasteiger partial charge is 0.240 e. The van der Waals surface area contributed by atoms with Gasteiger partial charge >= 0.3 is 0 Å². The molecule has 19 heavy (non-hydrogen) atoms. The zero-order valence-electron chi connectivity index (χ0n) is 10.4. The zero-order chi connectivity index (χ0) is 13.1. The van der Waals surface area contributed by atoms with Crippen LogP contribution < -0.4 is 0 Å². The van der Waals surface area contributed by atoms with Crippen LogP contribution in [0, 0.1) is 0 Å². The summed E-state index contributed by atoms with van der Waals surface area (Å²) in [5.41, 5.74) is 4.33. The van der Waals surface area contributed by atoms with E-state index in [0.29, 0.717) is 5.75 Å². The Hall–Kier alpha value is -2.00. The number of rotatable bonds is 3. The Morgan fingerprint density at radius 2 is 1.53 bits per heavy atom. The second-order valence-electron chi connectivity index (χ2n) is 4.31. The number of hydrogen-bond donors (Lipinski definition) is 1. The molecule has 1 aromatic heterocycles. The van der Waals surface area contributed by atoms with Gasteiger partial charge in [0.1, 0.15) is 0 Å². The smallest absolute Gasteiger partial charge is 0.0967 e. The van der Waals surface area contributed by atoms with Crippen LogP contribution in [0.3, 0.4) is 0 Å². The lowest BCUT2D eigenvalue weighted by Crippen LogP contribution is -1.93. The summed E-state index contributed by atoms with van der Waals surface area (Å²) >= 11 is 4.40. The van der Waals surface area contributed by atoms with Crippen molar-refractivity contribution < 1.29 is 0 Å². The Morgan fingerprint density at radius 3 is 2.16 bits per heavy atom. The van der Waals surface area contributed by atoms with Crippen LogP contribution in [0.1, 0.15) is 5.56 Å². The summed E-state index contributed by atoms with van der Waals surface area (Å²) in [7, 11) is 0. The molecule has 94 valence electrons. The third kappa shape index (κ3) is 2.42. The molecule has 0 bridgehead atoms. The van der Waals surface area contributed by atoms with E-state index in [1.807, 2.05) is 59.4 Å². The van der Waals surface area contributed by atoms with Gasteiger partial charge in [-0.2, -0.15) is 17.7 Å². The first-order valence-electron chi connectivity index (χ1n) is 6.19. The van der Waals surface area contributed by atoms with E-state index in [1.54, 1.807) is 0 Å². The van der Waals surface area contributed by atoms with Gasteiger partial charge in [-0.3, -0.25) is 0 Å². The van der Waals surface area contributed by atoms with Gasteiger partial charge in [-0.1, -0.05) is 48.5 Å². The second kappa shape index (κ2) is 5.33. The van der Waals surface area contributed by atoms with Crippen molar-refractivity contribution in [3.63, 3.8) is 0 Å². The second-order valence-corrected chi connectivity index (χ2v) is 4.62. The molecule has 0 aliphatic heterocycles. The third-order valence-corrected chi connectivity index (χ3v) is 3.37. The maximum absolute atomic E-state index is 4.69. The monoisotopic (exact) mass is 266 g/mol. The van der Waals surface area contributed by atoms with Crippen LogP contribution >= 0.6 is 12.6 Å². The Bertz CT molecular complexity index is 660. The standard InChI is InChI=1S/C16H14N2S/c19-12-14-11-18(15-9-5-2-6-10-15)17-16(14)13-7-3-1-4-8-13/h1-11,19H,12H2. The van der Waals surface area contributed by atoms with Crippen LogP contribution in [0.5, 0.6) is 0 Å². The normalized spacial score (nSPS) is 10.6. The van der Waals surface area contributed by atoms with Crippen LogP contribution in [0.25, 0.3) is 16.9 Å². The number of benzene rings is 2. The first-order chi connectivity index (χ1) is 9.38. The number of para-hydroxylation sites is 1. The van der Waals surface area contributed by atoms with Crippen LogP contribution in [0.4, 0.5) is 0 Å². The number of aromatic nitrogens is 2. The highest BCUT2D eigenvalue weighted by molar-refractivity contribution is 7.79. The molecule has 2 nitrogen and oxygen atoms in total. The molecule has 0 N–H and O–H groups in total. The molecule has 0 radical (unpaired) electrons. The third-order valence-electron chi connectivity index (χ3n) is 3.03. The van der Waals surface area contributed by atoms with Gasteiger partial charge in [0.15, 0.2) is 0 Å². The summed E-state index contributed by atoms with van der Waals surface area (Å²) in [6.07, 6.45) is 2.05. The molecule has 0 aliphatic rings. The molecule has 0 unspecified atom stereocenters. The van der Waals surface area contributed by atoms with Gasteiger partial charge in [0, 0.05) is 23.1 Å². The van der Waals surface area contributed by atoms with Gasteiger partial charge < -0.3 is 0 Å². The summed E-state index contributed by atoms with van der Waals surface area (Å²) in [6.45, 7) is 0. The lowest BCUT2D eigenvalue weighted by atomic mass is 10.1. The number of thiol groups is 1. The molecule has 0 fully saturated rings. The summed E-state index contributed by atoms with van der Waals surface area (Å²) in [5.74, 6) is 0.678. The fourth-order valence-corrected chi connectivity index (χ4v) is 2.31. The van der Waals surface area contributed by atoms with Crippen molar-refractivity contribution in [1.29, 1.82) is 0 Å². The van der Waals surface area contributed by atoms with E-state index < -0.39 is 0 Å². The SMILES string of the molecule is SCc1cn(-c2ccccc2)nc1-c1ccccc1. The predicted octanol–water partition coefficient (Wildman–Crippen LogP) is 3.97. The lowest BCUT2D eigenvalue weighted by molar-refractivity contribution is 0.884. The van der Waals surface area contributed by atoms with E-state index in [2.05, 4.69) is 29.9 Å². The van der Waals surface area contributed by atoms with E-state index in [1.165, 1.54) is 0 Å². The van der Waals surface area contributed by atoms with Crippen LogP contribution in [0.2, 0.25) is 0 Å². The molecule has 1 heterocycles. The molecule has 0 amide bonds. The molecule has 0 saturated carbocycles. The zero-order valence-corrected chi connectivity index (χ0v) is 11.3. The molecule has 3 aromatic rings. The fraction of sp³-hybridized carbons (Fsp3) is 0.0625. The van der Waals surface area contributed by atoms with Crippen molar-refractivity contribution in [3.05, 3.63) is 72.4 Å². The maximum Gasteiger partial charge on any atom is 0.0967 e. The van der Waals surface area contributed by atoms with Crippen molar-refractivity contribution in [2.45, 2.75) is 5.75 Å². The first kappa shape index (κ1) is 12.1. The topological polar surface area (TPSA) is 17.8 Å². The Labute approximate surface area is 118 Å². The van der Waals surface area contributed by atoms with Crippen molar-refractivity contribution in [1.82, 2.24) is 9.78 Å². The van der Waals surface area contributed by atoms with Crippen molar-refractivity contribution in [2.24, 2.45) is 0 Å². The predicted molar refractivity (Wildman–Crippen MR) is 81.7 cm³/mol. The average molecular weight is 266 g/mol. The van der Waals surface area contributed by atoms with Crippen LogP contribution in [0.15, 0.2) is 66.9 Å². The summed E-state index contributed by atoms with van der Waals surface area (Å²) in [4.78, 5) is 0. The first-order valence-corrected chi connectivity index (χ1v) is 6.82. The minimum atomic E-state index is 0.678. The molecule has 2 aromatic carbocycles. The number of nitrogens with zero attached hydrogens (tertiary/aromatic N) is 2. The van der Waals surface area contributed by atoms with E-state index >= 15 is 0 Å². The minimum absolute atomic E-state index is 0.678. The van der Waals surface area contributed by atoms with E-state index in [9.17, 15) is 0 Å². The van der Waals surface area contributed by atoms with Gasteiger partial charge in [0.25, 0.3) is 0 Å².